The van der Waals surface area contributed by atoms with Gasteiger partial charge in [0.05, 0.1) is 0 Å². The van der Waals surface area contributed by atoms with Crippen molar-refractivity contribution in [2.24, 2.45) is 5.92 Å². The van der Waals surface area contributed by atoms with Crippen molar-refractivity contribution < 1.29 is 4.79 Å². The zero-order chi connectivity index (χ0) is 7.56. The SMILES string of the molecule is C#CC1=CC(=O)CC(C)C1. The van der Waals surface area contributed by atoms with E-state index in [4.69, 9.17) is 6.42 Å². The molecule has 0 spiro atoms. The van der Waals surface area contributed by atoms with Crippen LogP contribution in [0.1, 0.15) is 19.8 Å². The molecule has 0 heterocycles. The van der Waals surface area contributed by atoms with Crippen LogP contribution < -0.4 is 0 Å². The van der Waals surface area contributed by atoms with Gasteiger partial charge in [0.1, 0.15) is 0 Å². The van der Waals surface area contributed by atoms with Gasteiger partial charge in [0, 0.05) is 12.0 Å². The number of ketones is 1. The number of allylic oxidation sites excluding steroid dienone is 2. The minimum atomic E-state index is 0.173. The normalized spacial score (nSPS) is 25.4. The Balaban J connectivity index is 2.77. The van der Waals surface area contributed by atoms with Gasteiger partial charge >= 0.3 is 0 Å². The van der Waals surface area contributed by atoms with Gasteiger partial charge in [-0.1, -0.05) is 12.8 Å². The molecule has 10 heavy (non-hydrogen) atoms. The lowest BCUT2D eigenvalue weighted by molar-refractivity contribution is -0.115. The van der Waals surface area contributed by atoms with E-state index >= 15 is 0 Å². The maximum Gasteiger partial charge on any atom is 0.156 e. The second-order valence-corrected chi connectivity index (χ2v) is 2.79. The molecule has 0 fully saturated rings. The molecule has 1 heteroatoms. The van der Waals surface area contributed by atoms with E-state index in [0.717, 1.165) is 12.0 Å². The minimum Gasteiger partial charge on any atom is -0.295 e. The van der Waals surface area contributed by atoms with E-state index in [-0.39, 0.29) is 5.78 Å². The predicted molar refractivity (Wildman–Crippen MR) is 40.3 cm³/mol. The van der Waals surface area contributed by atoms with Crippen molar-refractivity contribution in [2.75, 3.05) is 0 Å². The molecule has 0 aromatic rings. The molecule has 0 radical (unpaired) electrons. The Labute approximate surface area is 61.1 Å². The molecule has 0 N–H and O–H groups in total. The van der Waals surface area contributed by atoms with E-state index < -0.39 is 0 Å². The minimum absolute atomic E-state index is 0.173. The molecule has 52 valence electrons. The van der Waals surface area contributed by atoms with Gasteiger partial charge < -0.3 is 0 Å². The summed E-state index contributed by atoms with van der Waals surface area (Å²) < 4.78 is 0. The average molecular weight is 134 g/mol. The van der Waals surface area contributed by atoms with Crippen LogP contribution in [-0.2, 0) is 4.79 Å². The van der Waals surface area contributed by atoms with Crippen LogP contribution in [0, 0.1) is 18.3 Å². The van der Waals surface area contributed by atoms with Gasteiger partial charge in [0.15, 0.2) is 5.78 Å². The molecule has 0 aromatic heterocycles. The third-order valence-corrected chi connectivity index (χ3v) is 1.64. The summed E-state index contributed by atoms with van der Waals surface area (Å²) in [6.07, 6.45) is 8.29. The molecular weight excluding hydrogens is 124 g/mol. The molecule has 0 saturated carbocycles. The monoisotopic (exact) mass is 134 g/mol. The number of rotatable bonds is 0. The van der Waals surface area contributed by atoms with Crippen molar-refractivity contribution in [1.82, 2.24) is 0 Å². The Morgan fingerprint density at radius 2 is 2.40 bits per heavy atom. The van der Waals surface area contributed by atoms with Gasteiger partial charge in [-0.25, -0.2) is 0 Å². The summed E-state index contributed by atoms with van der Waals surface area (Å²) in [5.41, 5.74) is 0.851. The summed E-state index contributed by atoms with van der Waals surface area (Å²) in [4.78, 5) is 10.9. The zero-order valence-electron chi connectivity index (χ0n) is 6.05. The zero-order valence-corrected chi connectivity index (χ0v) is 6.05. The standard InChI is InChI=1S/C9H10O/c1-3-8-4-7(2)5-9(10)6-8/h1,6-7H,4-5H2,2H3. The van der Waals surface area contributed by atoms with Crippen molar-refractivity contribution in [3.05, 3.63) is 11.6 Å². The third-order valence-electron chi connectivity index (χ3n) is 1.64. The summed E-state index contributed by atoms with van der Waals surface area (Å²) in [6.45, 7) is 2.04. The fourth-order valence-electron chi connectivity index (χ4n) is 1.20. The van der Waals surface area contributed by atoms with Crippen molar-refractivity contribution in [2.45, 2.75) is 19.8 Å². The fraction of sp³-hybridized carbons (Fsp3) is 0.444. The van der Waals surface area contributed by atoms with Crippen LogP contribution in [0.4, 0.5) is 0 Å². The predicted octanol–water partition coefficient (Wildman–Crippen LogP) is 1.54. The van der Waals surface area contributed by atoms with Gasteiger partial charge in [0.25, 0.3) is 0 Å². The van der Waals surface area contributed by atoms with Gasteiger partial charge in [-0.15, -0.1) is 6.42 Å². The van der Waals surface area contributed by atoms with Crippen LogP contribution in [0.3, 0.4) is 0 Å². The van der Waals surface area contributed by atoms with Gasteiger partial charge in [-0.05, 0) is 18.4 Å². The quantitative estimate of drug-likeness (QED) is 0.459. The van der Waals surface area contributed by atoms with E-state index in [1.165, 1.54) is 0 Å². The average Bonchev–Trinajstić information content (AvgIpc) is 1.85. The topological polar surface area (TPSA) is 17.1 Å². The van der Waals surface area contributed by atoms with Crippen molar-refractivity contribution in [3.8, 4) is 12.3 Å². The summed E-state index contributed by atoms with van der Waals surface area (Å²) in [5.74, 6) is 3.11. The van der Waals surface area contributed by atoms with Gasteiger partial charge in [0.2, 0.25) is 0 Å². The Bertz CT molecular complexity index is 217. The fourth-order valence-corrected chi connectivity index (χ4v) is 1.20. The van der Waals surface area contributed by atoms with Crippen LogP contribution in [0.2, 0.25) is 0 Å². The molecule has 1 nitrogen and oxygen atoms in total. The van der Waals surface area contributed by atoms with Crippen LogP contribution in [-0.4, -0.2) is 5.78 Å². The van der Waals surface area contributed by atoms with E-state index in [1.54, 1.807) is 6.08 Å². The molecule has 0 bridgehead atoms. The van der Waals surface area contributed by atoms with Crippen molar-refractivity contribution in [3.63, 3.8) is 0 Å². The molecule has 0 amide bonds. The van der Waals surface area contributed by atoms with Crippen LogP contribution >= 0.6 is 0 Å². The maximum atomic E-state index is 10.9. The highest BCUT2D eigenvalue weighted by Gasteiger charge is 2.14. The maximum absolute atomic E-state index is 10.9. The van der Waals surface area contributed by atoms with Crippen molar-refractivity contribution >= 4 is 5.78 Å². The largest absolute Gasteiger partial charge is 0.295 e. The molecule has 1 rings (SSSR count). The summed E-state index contributed by atoms with van der Waals surface area (Å²) in [5, 5.41) is 0. The second-order valence-electron chi connectivity index (χ2n) is 2.79. The van der Waals surface area contributed by atoms with E-state index in [9.17, 15) is 4.79 Å². The number of terminal acetylenes is 1. The molecular formula is C9H10O. The van der Waals surface area contributed by atoms with Gasteiger partial charge in [-0.3, -0.25) is 4.79 Å². The number of hydrogen-bond acceptors (Lipinski definition) is 1. The van der Waals surface area contributed by atoms with E-state index in [0.29, 0.717) is 12.3 Å². The van der Waals surface area contributed by atoms with Crippen LogP contribution in [0.25, 0.3) is 0 Å². The third kappa shape index (κ3) is 1.48. The Hall–Kier alpha value is -1.03. The molecule has 1 aliphatic carbocycles. The summed E-state index contributed by atoms with van der Waals surface area (Å²) in [7, 11) is 0. The van der Waals surface area contributed by atoms with Crippen molar-refractivity contribution in [1.29, 1.82) is 0 Å². The lowest BCUT2D eigenvalue weighted by atomic mass is 9.90. The summed E-state index contributed by atoms with van der Waals surface area (Å²) in [6, 6.07) is 0. The first-order valence-corrected chi connectivity index (χ1v) is 3.42. The molecule has 1 atom stereocenters. The Kier molecular flexibility index (Phi) is 1.91. The Morgan fingerprint density at radius 3 is 2.90 bits per heavy atom. The van der Waals surface area contributed by atoms with E-state index in [1.807, 2.05) is 6.92 Å². The van der Waals surface area contributed by atoms with Crippen LogP contribution in [0.5, 0.6) is 0 Å². The number of carbonyl (C=O) groups is 1. The number of carbonyl (C=O) groups excluding carboxylic acids is 1. The molecule has 0 saturated heterocycles. The smallest absolute Gasteiger partial charge is 0.156 e. The van der Waals surface area contributed by atoms with Gasteiger partial charge in [-0.2, -0.15) is 0 Å². The highest BCUT2D eigenvalue weighted by atomic mass is 16.1. The highest BCUT2D eigenvalue weighted by Crippen LogP contribution is 2.20. The summed E-state index contributed by atoms with van der Waals surface area (Å²) >= 11 is 0. The number of hydrogen-bond donors (Lipinski definition) is 0. The van der Waals surface area contributed by atoms with E-state index in [2.05, 4.69) is 5.92 Å². The van der Waals surface area contributed by atoms with Crippen LogP contribution in [0.15, 0.2) is 11.6 Å². The first-order chi connectivity index (χ1) is 4.72. The second kappa shape index (κ2) is 2.70. The first-order valence-electron chi connectivity index (χ1n) is 3.42. The molecule has 0 aromatic carbocycles. The Morgan fingerprint density at radius 1 is 1.70 bits per heavy atom. The first kappa shape index (κ1) is 7.08. The molecule has 0 aliphatic heterocycles. The molecule has 1 unspecified atom stereocenters. The highest BCUT2D eigenvalue weighted by molar-refractivity contribution is 5.92. The lowest BCUT2D eigenvalue weighted by Gasteiger charge is -2.13. The lowest BCUT2D eigenvalue weighted by Crippen LogP contribution is -2.10. The molecule has 1 aliphatic rings.